The van der Waals surface area contributed by atoms with Gasteiger partial charge in [-0.1, -0.05) is 45.4 Å². The fourth-order valence-corrected chi connectivity index (χ4v) is 2.25. The monoisotopic (exact) mass is 329 g/mol. The molecule has 1 atom stereocenters. The van der Waals surface area contributed by atoms with E-state index in [0.29, 0.717) is 13.0 Å². The highest BCUT2D eigenvalue weighted by atomic mass is 16.5. The third kappa shape index (κ3) is 14.2. The first kappa shape index (κ1) is 21.9. The Balaban J connectivity index is 3.86. The number of hydrogen-bond donors (Lipinski definition) is 2. The molecule has 136 valence electrons. The quantitative estimate of drug-likeness (QED) is 0.502. The van der Waals surface area contributed by atoms with Crippen LogP contribution in [0.25, 0.3) is 0 Å². The lowest BCUT2D eigenvalue weighted by Gasteiger charge is -2.21. The molecule has 0 aliphatic carbocycles. The molecule has 0 aromatic rings. The molecule has 0 saturated heterocycles. The van der Waals surface area contributed by atoms with Gasteiger partial charge in [-0.05, 0) is 27.2 Å². The number of ether oxygens (including phenoxy) is 1. The van der Waals surface area contributed by atoms with E-state index in [1.807, 2.05) is 20.8 Å². The van der Waals surface area contributed by atoms with Crippen LogP contribution in [0, 0.1) is 0 Å². The molecule has 0 saturated carbocycles. The zero-order chi connectivity index (χ0) is 17.7. The minimum atomic E-state index is -1.00. The normalized spacial score (nSPS) is 12.9. The molecule has 0 aliphatic rings. The van der Waals surface area contributed by atoms with E-state index >= 15 is 0 Å². The van der Waals surface area contributed by atoms with Gasteiger partial charge < -0.3 is 15.2 Å². The molecule has 1 unspecified atom stereocenters. The second-order valence-electron chi connectivity index (χ2n) is 7.08. The first-order valence-corrected chi connectivity index (χ1v) is 8.92. The average molecular weight is 329 g/mol. The van der Waals surface area contributed by atoms with Crippen molar-refractivity contribution in [3.8, 4) is 0 Å². The molecule has 0 aromatic heterocycles. The lowest BCUT2D eigenvalue weighted by atomic mass is 10.1. The Morgan fingerprint density at radius 1 is 1.04 bits per heavy atom. The maximum Gasteiger partial charge on any atom is 0.326 e. The number of unbranched alkanes of at least 4 members (excludes halogenated alkanes) is 6. The number of aliphatic carboxylic acids is 1. The van der Waals surface area contributed by atoms with Crippen LogP contribution in [0.5, 0.6) is 0 Å². The van der Waals surface area contributed by atoms with Crippen molar-refractivity contribution in [2.24, 2.45) is 0 Å². The van der Waals surface area contributed by atoms with Crippen molar-refractivity contribution in [1.82, 2.24) is 5.32 Å². The molecule has 0 heterocycles. The summed E-state index contributed by atoms with van der Waals surface area (Å²) < 4.78 is 5.52. The smallest absolute Gasteiger partial charge is 0.326 e. The van der Waals surface area contributed by atoms with Crippen molar-refractivity contribution in [1.29, 1.82) is 0 Å². The Labute approximate surface area is 141 Å². The van der Waals surface area contributed by atoms with Gasteiger partial charge in [-0.25, -0.2) is 4.79 Å². The second-order valence-corrected chi connectivity index (χ2v) is 7.08. The molecule has 5 heteroatoms. The summed E-state index contributed by atoms with van der Waals surface area (Å²) >= 11 is 0. The molecule has 0 spiro atoms. The SMILES string of the molecule is CCCCCCCCCC(=O)NC(CCOC(C)(C)C)C(=O)O. The van der Waals surface area contributed by atoms with E-state index < -0.39 is 12.0 Å². The van der Waals surface area contributed by atoms with E-state index in [1.165, 1.54) is 25.7 Å². The Morgan fingerprint density at radius 3 is 2.13 bits per heavy atom. The lowest BCUT2D eigenvalue weighted by Crippen LogP contribution is -2.41. The van der Waals surface area contributed by atoms with Gasteiger partial charge in [-0.15, -0.1) is 0 Å². The van der Waals surface area contributed by atoms with Crippen LogP contribution in [0.2, 0.25) is 0 Å². The van der Waals surface area contributed by atoms with Crippen molar-refractivity contribution in [3.05, 3.63) is 0 Å². The van der Waals surface area contributed by atoms with E-state index in [0.717, 1.165) is 19.3 Å². The molecule has 0 bridgehead atoms. The largest absolute Gasteiger partial charge is 0.480 e. The van der Waals surface area contributed by atoms with Crippen molar-refractivity contribution in [2.75, 3.05) is 6.61 Å². The van der Waals surface area contributed by atoms with Crippen molar-refractivity contribution in [2.45, 2.75) is 97.1 Å². The van der Waals surface area contributed by atoms with Gasteiger partial charge in [-0.2, -0.15) is 0 Å². The summed E-state index contributed by atoms with van der Waals surface area (Å²) in [5, 5.41) is 11.8. The van der Waals surface area contributed by atoms with Crippen LogP contribution in [0.3, 0.4) is 0 Å². The summed E-state index contributed by atoms with van der Waals surface area (Å²) in [5.41, 5.74) is -0.301. The van der Waals surface area contributed by atoms with Gasteiger partial charge in [0.05, 0.1) is 5.60 Å². The van der Waals surface area contributed by atoms with Crippen LogP contribution in [0.4, 0.5) is 0 Å². The Bertz CT molecular complexity index is 336. The standard InChI is InChI=1S/C18H35NO4/c1-5-6-7-8-9-10-11-12-16(20)19-15(17(21)22)13-14-23-18(2,3)4/h15H,5-14H2,1-4H3,(H,19,20)(H,21,22). The predicted molar refractivity (Wildman–Crippen MR) is 92.5 cm³/mol. The number of hydrogen-bond acceptors (Lipinski definition) is 3. The van der Waals surface area contributed by atoms with Gasteiger partial charge >= 0.3 is 5.97 Å². The van der Waals surface area contributed by atoms with Crippen LogP contribution in [0.15, 0.2) is 0 Å². The lowest BCUT2D eigenvalue weighted by molar-refractivity contribution is -0.142. The predicted octanol–water partition coefficient (Wildman–Crippen LogP) is 3.90. The van der Waals surface area contributed by atoms with E-state index in [-0.39, 0.29) is 17.9 Å². The van der Waals surface area contributed by atoms with Crippen LogP contribution in [-0.2, 0) is 14.3 Å². The third-order valence-corrected chi connectivity index (χ3v) is 3.58. The topological polar surface area (TPSA) is 75.6 Å². The van der Waals surface area contributed by atoms with Crippen LogP contribution in [-0.4, -0.2) is 35.2 Å². The van der Waals surface area contributed by atoms with E-state index in [1.54, 1.807) is 0 Å². The summed E-state index contributed by atoms with van der Waals surface area (Å²) in [5.74, 6) is -1.18. The molecule has 0 rings (SSSR count). The minimum absolute atomic E-state index is 0.179. The number of carboxylic acid groups (broad SMARTS) is 1. The van der Waals surface area contributed by atoms with Gasteiger partial charge in [0.25, 0.3) is 0 Å². The number of carboxylic acids is 1. The Hall–Kier alpha value is -1.10. The van der Waals surface area contributed by atoms with Crippen molar-refractivity contribution >= 4 is 11.9 Å². The van der Waals surface area contributed by atoms with Crippen LogP contribution < -0.4 is 5.32 Å². The van der Waals surface area contributed by atoms with E-state index in [2.05, 4.69) is 12.2 Å². The highest BCUT2D eigenvalue weighted by Crippen LogP contribution is 2.10. The Kier molecular flexibility index (Phi) is 11.7. The summed E-state index contributed by atoms with van der Waals surface area (Å²) in [4.78, 5) is 23.0. The summed E-state index contributed by atoms with van der Waals surface area (Å²) in [6, 6.07) is -0.866. The zero-order valence-electron chi connectivity index (χ0n) is 15.3. The van der Waals surface area contributed by atoms with Crippen molar-refractivity contribution < 1.29 is 19.4 Å². The molecule has 1 amide bonds. The molecular weight excluding hydrogens is 294 g/mol. The van der Waals surface area contributed by atoms with Gasteiger partial charge in [-0.3, -0.25) is 4.79 Å². The summed E-state index contributed by atoms with van der Waals surface area (Å²) in [6.45, 7) is 8.26. The molecule has 2 N–H and O–H groups in total. The average Bonchev–Trinajstić information content (AvgIpc) is 2.43. The van der Waals surface area contributed by atoms with E-state index in [4.69, 9.17) is 4.74 Å². The first-order valence-electron chi connectivity index (χ1n) is 8.92. The van der Waals surface area contributed by atoms with Gasteiger partial charge in [0, 0.05) is 19.4 Å². The second kappa shape index (κ2) is 12.3. The molecule has 0 radical (unpaired) electrons. The van der Waals surface area contributed by atoms with Gasteiger partial charge in [0.2, 0.25) is 5.91 Å². The molecule has 0 fully saturated rings. The van der Waals surface area contributed by atoms with Crippen molar-refractivity contribution in [3.63, 3.8) is 0 Å². The maximum atomic E-state index is 11.8. The molecule has 5 nitrogen and oxygen atoms in total. The molecule has 23 heavy (non-hydrogen) atoms. The Morgan fingerprint density at radius 2 is 1.61 bits per heavy atom. The van der Waals surface area contributed by atoms with Gasteiger partial charge in [0.15, 0.2) is 0 Å². The summed E-state index contributed by atoms with van der Waals surface area (Å²) in [7, 11) is 0. The molecular formula is C18H35NO4. The van der Waals surface area contributed by atoms with Crippen LogP contribution >= 0.6 is 0 Å². The number of amides is 1. The van der Waals surface area contributed by atoms with Crippen LogP contribution in [0.1, 0.15) is 85.5 Å². The summed E-state index contributed by atoms with van der Waals surface area (Å²) in [6.07, 6.45) is 8.68. The highest BCUT2D eigenvalue weighted by molar-refractivity contribution is 5.83. The maximum absolute atomic E-state index is 11.8. The number of carbonyl (C=O) groups is 2. The molecule has 0 aliphatic heterocycles. The minimum Gasteiger partial charge on any atom is -0.480 e. The third-order valence-electron chi connectivity index (χ3n) is 3.58. The van der Waals surface area contributed by atoms with Gasteiger partial charge in [0.1, 0.15) is 6.04 Å². The first-order chi connectivity index (χ1) is 10.8. The van der Waals surface area contributed by atoms with E-state index in [9.17, 15) is 14.7 Å². The highest BCUT2D eigenvalue weighted by Gasteiger charge is 2.20. The number of rotatable bonds is 13. The number of nitrogens with one attached hydrogen (secondary N) is 1. The fraction of sp³-hybridized carbons (Fsp3) is 0.889. The fourth-order valence-electron chi connectivity index (χ4n) is 2.25. The molecule has 0 aromatic carbocycles. The zero-order valence-corrected chi connectivity index (χ0v) is 15.3. The number of carbonyl (C=O) groups excluding carboxylic acids is 1.